The summed E-state index contributed by atoms with van der Waals surface area (Å²) in [4.78, 5) is 1.87. The Morgan fingerprint density at radius 1 is 1.62 bits per heavy atom. The first-order chi connectivity index (χ1) is 3.80. The molecule has 0 N–H and O–H groups in total. The molecule has 0 radical (unpaired) electrons. The van der Waals surface area contributed by atoms with Crippen molar-refractivity contribution in [1.82, 2.24) is 0 Å². The zero-order valence-electron chi connectivity index (χ0n) is 4.29. The fourth-order valence-corrected chi connectivity index (χ4v) is 0.873. The van der Waals surface area contributed by atoms with Gasteiger partial charge in [0.25, 0.3) is 0 Å². The van der Waals surface area contributed by atoms with E-state index in [9.17, 15) is 0 Å². The first-order valence-electron chi connectivity index (χ1n) is 2.39. The minimum atomic E-state index is 0.880. The molecular weight excluding hydrogens is 136 g/mol. The topological polar surface area (TPSA) is 0 Å². The van der Waals surface area contributed by atoms with Crippen LogP contribution in [0.5, 0.6) is 0 Å². The highest BCUT2D eigenvalue weighted by Crippen LogP contribution is 2.12. The van der Waals surface area contributed by atoms with Crippen molar-refractivity contribution in [3.63, 3.8) is 0 Å². The van der Waals surface area contributed by atoms with Crippen molar-refractivity contribution in [3.8, 4) is 0 Å². The van der Waals surface area contributed by atoms with Crippen molar-refractivity contribution in [3.05, 3.63) is 23.1 Å². The number of allylic oxidation sites excluding steroid dienone is 4. The van der Waals surface area contributed by atoms with E-state index < -0.39 is 0 Å². The Morgan fingerprint density at radius 2 is 2.38 bits per heavy atom. The molecule has 42 valence electrons. The Balaban J connectivity index is 2.80. The molecule has 0 amide bonds. The van der Waals surface area contributed by atoms with Crippen molar-refractivity contribution in [1.29, 1.82) is 0 Å². The van der Waals surface area contributed by atoms with Gasteiger partial charge in [-0.3, -0.25) is 0 Å². The van der Waals surface area contributed by atoms with E-state index in [-0.39, 0.29) is 0 Å². The SMILES string of the molecule is S=C1CC=CC=C1S. The third kappa shape index (κ3) is 1.20. The van der Waals surface area contributed by atoms with E-state index >= 15 is 0 Å². The van der Waals surface area contributed by atoms with Crippen molar-refractivity contribution in [2.24, 2.45) is 0 Å². The maximum atomic E-state index is 4.93. The van der Waals surface area contributed by atoms with Crippen LogP contribution in [0.3, 0.4) is 0 Å². The molecule has 0 bridgehead atoms. The Morgan fingerprint density at radius 3 is 2.75 bits per heavy atom. The van der Waals surface area contributed by atoms with E-state index in [1.807, 2.05) is 18.2 Å². The third-order valence-electron chi connectivity index (χ3n) is 0.979. The van der Waals surface area contributed by atoms with Gasteiger partial charge in [-0.25, -0.2) is 0 Å². The highest BCUT2D eigenvalue weighted by molar-refractivity contribution is 7.90. The zero-order chi connectivity index (χ0) is 5.98. The lowest BCUT2D eigenvalue weighted by atomic mass is 10.2. The Bertz CT molecular complexity index is 165. The Hall–Kier alpha value is -0.0800. The Labute approximate surface area is 59.7 Å². The Kier molecular flexibility index (Phi) is 1.86. The van der Waals surface area contributed by atoms with E-state index in [4.69, 9.17) is 12.2 Å². The maximum absolute atomic E-state index is 4.93. The average Bonchev–Trinajstić information content (AvgIpc) is 1.77. The van der Waals surface area contributed by atoms with Gasteiger partial charge in [0.2, 0.25) is 0 Å². The molecule has 0 atom stereocenters. The van der Waals surface area contributed by atoms with Crippen LogP contribution in [-0.2, 0) is 0 Å². The van der Waals surface area contributed by atoms with Gasteiger partial charge in [-0.05, 0) is 6.08 Å². The highest BCUT2D eigenvalue weighted by Gasteiger charge is 1.98. The lowest BCUT2D eigenvalue weighted by molar-refractivity contribution is 1.50. The van der Waals surface area contributed by atoms with Crippen LogP contribution in [0.15, 0.2) is 23.1 Å². The second-order valence-electron chi connectivity index (χ2n) is 1.61. The smallest absolute Gasteiger partial charge is 0.0323 e. The number of hydrogen-bond donors (Lipinski definition) is 1. The normalized spacial score (nSPS) is 18.6. The first kappa shape index (κ1) is 6.05. The zero-order valence-corrected chi connectivity index (χ0v) is 6.01. The van der Waals surface area contributed by atoms with Gasteiger partial charge >= 0.3 is 0 Å². The van der Waals surface area contributed by atoms with Gasteiger partial charge in [0.05, 0.1) is 0 Å². The van der Waals surface area contributed by atoms with Gasteiger partial charge < -0.3 is 0 Å². The van der Waals surface area contributed by atoms with Gasteiger partial charge in [-0.1, -0.05) is 24.4 Å². The second kappa shape index (κ2) is 2.46. The van der Waals surface area contributed by atoms with Gasteiger partial charge in [-0.15, -0.1) is 12.6 Å². The van der Waals surface area contributed by atoms with Crippen LogP contribution < -0.4 is 0 Å². The van der Waals surface area contributed by atoms with Crippen LogP contribution in [0, 0.1) is 0 Å². The van der Waals surface area contributed by atoms with Crippen molar-refractivity contribution < 1.29 is 0 Å². The summed E-state index contributed by atoms with van der Waals surface area (Å²) in [7, 11) is 0. The molecular formula is C6H6S2. The predicted octanol–water partition coefficient (Wildman–Crippen LogP) is 2.13. The predicted molar refractivity (Wildman–Crippen MR) is 43.4 cm³/mol. The molecule has 0 saturated carbocycles. The average molecular weight is 142 g/mol. The van der Waals surface area contributed by atoms with Gasteiger partial charge in [0.15, 0.2) is 0 Å². The summed E-state index contributed by atoms with van der Waals surface area (Å²) in [5.41, 5.74) is 0. The molecule has 8 heavy (non-hydrogen) atoms. The molecule has 0 heterocycles. The molecule has 0 nitrogen and oxygen atoms in total. The molecule has 0 aliphatic heterocycles. The van der Waals surface area contributed by atoms with E-state index in [2.05, 4.69) is 12.6 Å². The minimum Gasteiger partial charge on any atom is -0.142 e. The summed E-state index contributed by atoms with van der Waals surface area (Å²) in [5, 5.41) is 0. The minimum absolute atomic E-state index is 0.880. The van der Waals surface area contributed by atoms with E-state index in [0.717, 1.165) is 16.2 Å². The molecule has 0 spiro atoms. The van der Waals surface area contributed by atoms with Crippen LogP contribution in [0.1, 0.15) is 6.42 Å². The molecule has 0 unspecified atom stereocenters. The summed E-state index contributed by atoms with van der Waals surface area (Å²) < 4.78 is 0. The van der Waals surface area contributed by atoms with Crippen LogP contribution in [0.2, 0.25) is 0 Å². The van der Waals surface area contributed by atoms with Crippen molar-refractivity contribution in [2.45, 2.75) is 6.42 Å². The largest absolute Gasteiger partial charge is 0.142 e. The highest BCUT2D eigenvalue weighted by atomic mass is 32.1. The molecule has 1 aliphatic rings. The van der Waals surface area contributed by atoms with Gasteiger partial charge in [0, 0.05) is 16.2 Å². The molecule has 0 fully saturated rings. The molecule has 0 aromatic heterocycles. The monoisotopic (exact) mass is 142 g/mol. The molecule has 2 heteroatoms. The summed E-state index contributed by atoms with van der Waals surface area (Å²) in [6, 6.07) is 0. The summed E-state index contributed by atoms with van der Waals surface area (Å²) >= 11 is 9.06. The van der Waals surface area contributed by atoms with E-state index in [1.165, 1.54) is 0 Å². The van der Waals surface area contributed by atoms with Crippen LogP contribution in [0.4, 0.5) is 0 Å². The number of thiocarbonyl (C=S) groups is 1. The molecule has 0 aromatic carbocycles. The van der Waals surface area contributed by atoms with Gasteiger partial charge in [-0.2, -0.15) is 0 Å². The second-order valence-corrected chi connectivity index (χ2v) is 2.58. The molecule has 1 aliphatic carbocycles. The van der Waals surface area contributed by atoms with Crippen molar-refractivity contribution in [2.75, 3.05) is 0 Å². The molecule has 1 rings (SSSR count). The van der Waals surface area contributed by atoms with Crippen LogP contribution >= 0.6 is 24.8 Å². The van der Waals surface area contributed by atoms with Crippen LogP contribution in [0.25, 0.3) is 0 Å². The van der Waals surface area contributed by atoms with E-state index in [0.29, 0.717) is 0 Å². The fraction of sp³-hybridized carbons (Fsp3) is 0.167. The standard InChI is InChI=1S/C6H6S2/c7-5-3-1-2-4-6(5)8/h1-3,7H,4H2. The lowest BCUT2D eigenvalue weighted by Crippen LogP contribution is -1.94. The third-order valence-corrected chi connectivity index (χ3v) is 1.94. The van der Waals surface area contributed by atoms with Crippen molar-refractivity contribution >= 4 is 29.7 Å². The van der Waals surface area contributed by atoms with Gasteiger partial charge in [0.1, 0.15) is 0 Å². The number of thiol groups is 1. The quantitative estimate of drug-likeness (QED) is 0.399. The number of rotatable bonds is 0. The van der Waals surface area contributed by atoms with Crippen LogP contribution in [-0.4, -0.2) is 4.86 Å². The van der Waals surface area contributed by atoms with E-state index in [1.54, 1.807) is 0 Å². The molecule has 0 aromatic rings. The molecule has 0 saturated heterocycles. The summed E-state index contributed by atoms with van der Waals surface area (Å²) in [6.07, 6.45) is 6.79. The lowest BCUT2D eigenvalue weighted by Gasteiger charge is -2.01. The fourth-order valence-electron chi connectivity index (χ4n) is 0.532. The summed E-state index contributed by atoms with van der Waals surface area (Å²) in [5.74, 6) is 0. The number of hydrogen-bond acceptors (Lipinski definition) is 2. The maximum Gasteiger partial charge on any atom is 0.0323 e. The summed E-state index contributed by atoms with van der Waals surface area (Å²) in [6.45, 7) is 0. The first-order valence-corrected chi connectivity index (χ1v) is 3.25.